The highest BCUT2D eigenvalue weighted by atomic mass is 32.2. The van der Waals surface area contributed by atoms with E-state index in [4.69, 9.17) is 0 Å². The Kier molecular flexibility index (Phi) is 7.33. The molecule has 1 aromatic carbocycles. The van der Waals surface area contributed by atoms with E-state index in [1.807, 2.05) is 17.3 Å². The van der Waals surface area contributed by atoms with Crippen LogP contribution in [0.4, 0.5) is 5.69 Å². The van der Waals surface area contributed by atoms with Crippen LogP contribution < -0.4 is 5.32 Å². The number of piperazine rings is 1. The molecule has 2 N–H and O–H groups in total. The van der Waals surface area contributed by atoms with Gasteiger partial charge in [0.1, 0.15) is 11.4 Å². The zero-order valence-electron chi connectivity index (χ0n) is 19.0. The fourth-order valence-electron chi connectivity index (χ4n) is 3.68. The number of hydrogen-bond donors (Lipinski definition) is 2. The number of likely N-dealkylation sites (N-methyl/N-ethyl adjacent to an activating group) is 1. The summed E-state index contributed by atoms with van der Waals surface area (Å²) in [6.07, 6.45) is 0.818. The van der Waals surface area contributed by atoms with Crippen molar-refractivity contribution in [1.29, 1.82) is 0 Å². The Labute approximate surface area is 196 Å². The standard InChI is InChI=1S/C20H26N6O7S/c1-4-5-15-17(26(30)31)18(24(3)22-15)20(29)21-19(28)14-12-13(6-7-16(14)27)34(32,33)25-10-8-23(2)9-11-25/h6-7,12,27H,4-5,8-11H2,1-3H3,(H,21,28,29). The van der Waals surface area contributed by atoms with Crippen LogP contribution in [0.1, 0.15) is 39.9 Å². The Bertz CT molecular complexity index is 1230. The second kappa shape index (κ2) is 9.87. The van der Waals surface area contributed by atoms with Gasteiger partial charge >= 0.3 is 5.69 Å². The second-order valence-electron chi connectivity index (χ2n) is 7.94. The first-order valence-corrected chi connectivity index (χ1v) is 12.0. The molecule has 1 saturated heterocycles. The van der Waals surface area contributed by atoms with Gasteiger partial charge in [0, 0.05) is 33.2 Å². The molecule has 0 atom stereocenters. The number of carbonyl (C=O) groups excluding carboxylic acids is 2. The molecule has 1 aliphatic rings. The van der Waals surface area contributed by atoms with Crippen molar-refractivity contribution in [2.75, 3.05) is 33.2 Å². The van der Waals surface area contributed by atoms with Crippen LogP contribution in [0.15, 0.2) is 23.1 Å². The molecule has 0 bridgehead atoms. The van der Waals surface area contributed by atoms with Crippen molar-refractivity contribution in [2.24, 2.45) is 7.05 Å². The summed E-state index contributed by atoms with van der Waals surface area (Å²) in [7, 11) is -0.723. The van der Waals surface area contributed by atoms with Crippen LogP contribution in [0.25, 0.3) is 0 Å². The number of hydrogen-bond acceptors (Lipinski definition) is 9. The van der Waals surface area contributed by atoms with Crippen LogP contribution in [0, 0.1) is 10.1 Å². The molecule has 3 rings (SSSR count). The van der Waals surface area contributed by atoms with Crippen molar-refractivity contribution in [3.63, 3.8) is 0 Å². The largest absolute Gasteiger partial charge is 0.507 e. The topological polar surface area (TPSA) is 168 Å². The van der Waals surface area contributed by atoms with E-state index in [1.165, 1.54) is 17.4 Å². The summed E-state index contributed by atoms with van der Waals surface area (Å²) in [5, 5.41) is 27.7. The molecule has 14 heteroatoms. The van der Waals surface area contributed by atoms with Crippen LogP contribution in [0.5, 0.6) is 5.75 Å². The van der Waals surface area contributed by atoms with Crippen LogP contribution in [-0.2, 0) is 23.5 Å². The van der Waals surface area contributed by atoms with Gasteiger partial charge in [-0.05, 0) is 31.7 Å². The molecule has 1 fully saturated rings. The molecule has 34 heavy (non-hydrogen) atoms. The van der Waals surface area contributed by atoms with Crippen molar-refractivity contribution in [3.8, 4) is 5.75 Å². The summed E-state index contributed by atoms with van der Waals surface area (Å²) in [5.74, 6) is -2.75. The maximum Gasteiger partial charge on any atom is 0.323 e. The number of imide groups is 1. The highest BCUT2D eigenvalue weighted by Gasteiger charge is 2.33. The third-order valence-electron chi connectivity index (χ3n) is 5.52. The number of nitrogens with one attached hydrogen (secondary N) is 1. The molecule has 13 nitrogen and oxygen atoms in total. The zero-order valence-corrected chi connectivity index (χ0v) is 19.8. The van der Waals surface area contributed by atoms with E-state index in [-0.39, 0.29) is 30.1 Å². The van der Waals surface area contributed by atoms with E-state index >= 15 is 0 Å². The molecule has 0 radical (unpaired) electrons. The Balaban J connectivity index is 1.89. The van der Waals surface area contributed by atoms with Crippen molar-refractivity contribution in [2.45, 2.75) is 24.7 Å². The predicted molar refractivity (Wildman–Crippen MR) is 120 cm³/mol. The van der Waals surface area contributed by atoms with E-state index in [0.29, 0.717) is 19.5 Å². The number of nitro groups is 1. The molecule has 1 aliphatic heterocycles. The number of sulfonamides is 1. The summed E-state index contributed by atoms with van der Waals surface area (Å²) in [6.45, 7) is 3.42. The Morgan fingerprint density at radius 1 is 1.18 bits per heavy atom. The third-order valence-corrected chi connectivity index (χ3v) is 7.41. The SMILES string of the molecule is CCCc1nn(C)c(C(=O)NC(=O)c2cc(S(=O)(=O)N3CCN(C)CC3)ccc2O)c1[N+](=O)[O-]. The third kappa shape index (κ3) is 4.93. The van der Waals surface area contributed by atoms with E-state index in [9.17, 15) is 33.2 Å². The van der Waals surface area contributed by atoms with Gasteiger partial charge < -0.3 is 10.0 Å². The lowest BCUT2D eigenvalue weighted by atomic mass is 10.1. The smallest absolute Gasteiger partial charge is 0.323 e. The van der Waals surface area contributed by atoms with Crippen molar-refractivity contribution >= 4 is 27.5 Å². The van der Waals surface area contributed by atoms with Gasteiger partial charge in [-0.3, -0.25) is 29.7 Å². The lowest BCUT2D eigenvalue weighted by Gasteiger charge is -2.31. The fraction of sp³-hybridized carbons (Fsp3) is 0.450. The minimum absolute atomic E-state index is 0.107. The molecule has 0 spiro atoms. The minimum atomic E-state index is -3.94. The number of benzene rings is 1. The van der Waals surface area contributed by atoms with E-state index < -0.39 is 49.5 Å². The maximum absolute atomic E-state index is 13.0. The Morgan fingerprint density at radius 2 is 1.82 bits per heavy atom. The van der Waals surface area contributed by atoms with Crippen LogP contribution in [0.3, 0.4) is 0 Å². The number of aryl methyl sites for hydroxylation is 2. The normalized spacial score (nSPS) is 15.3. The molecule has 2 heterocycles. The second-order valence-corrected chi connectivity index (χ2v) is 9.88. The van der Waals surface area contributed by atoms with Gasteiger partial charge in [-0.15, -0.1) is 0 Å². The van der Waals surface area contributed by atoms with Crippen molar-refractivity contribution in [1.82, 2.24) is 24.3 Å². The molecular weight excluding hydrogens is 468 g/mol. The van der Waals surface area contributed by atoms with E-state index in [2.05, 4.69) is 5.10 Å². The average molecular weight is 495 g/mol. The highest BCUT2D eigenvalue weighted by Crippen LogP contribution is 2.26. The number of phenolic OH excluding ortho intramolecular Hbond substituents is 1. The molecule has 0 saturated carbocycles. The van der Waals surface area contributed by atoms with Gasteiger partial charge in [0.15, 0.2) is 0 Å². The van der Waals surface area contributed by atoms with Gasteiger partial charge in [0.05, 0.1) is 15.4 Å². The van der Waals surface area contributed by atoms with Gasteiger partial charge in [0.2, 0.25) is 15.7 Å². The van der Waals surface area contributed by atoms with Crippen molar-refractivity contribution in [3.05, 3.63) is 45.3 Å². The molecule has 1 aromatic heterocycles. The lowest BCUT2D eigenvalue weighted by Crippen LogP contribution is -2.47. The lowest BCUT2D eigenvalue weighted by molar-refractivity contribution is -0.385. The number of nitrogens with zero attached hydrogens (tertiary/aromatic N) is 5. The van der Waals surface area contributed by atoms with Crippen LogP contribution >= 0.6 is 0 Å². The number of rotatable bonds is 7. The molecule has 2 amide bonds. The van der Waals surface area contributed by atoms with Crippen LogP contribution in [-0.4, -0.2) is 82.5 Å². The quantitative estimate of drug-likeness (QED) is 0.316. The van der Waals surface area contributed by atoms with Crippen LogP contribution in [0.2, 0.25) is 0 Å². The summed E-state index contributed by atoms with van der Waals surface area (Å²) in [6, 6.07) is 3.20. The molecular formula is C20H26N6O7S. The van der Waals surface area contributed by atoms with Crippen molar-refractivity contribution < 1.29 is 28.0 Å². The number of phenols is 1. The fourth-order valence-corrected chi connectivity index (χ4v) is 5.13. The summed E-state index contributed by atoms with van der Waals surface area (Å²) in [4.78, 5) is 38.1. The Morgan fingerprint density at radius 3 is 2.41 bits per heavy atom. The maximum atomic E-state index is 13.0. The summed E-state index contributed by atoms with van der Waals surface area (Å²) < 4.78 is 28.3. The van der Waals surface area contributed by atoms with E-state index in [0.717, 1.165) is 16.8 Å². The zero-order chi connectivity index (χ0) is 25.2. The first-order valence-electron chi connectivity index (χ1n) is 10.5. The predicted octanol–water partition coefficient (Wildman–Crippen LogP) is 0.493. The number of aromatic nitrogens is 2. The molecule has 0 unspecified atom stereocenters. The average Bonchev–Trinajstić information content (AvgIpc) is 3.10. The molecule has 184 valence electrons. The summed E-state index contributed by atoms with van der Waals surface area (Å²) in [5.41, 5.74) is -1.29. The summed E-state index contributed by atoms with van der Waals surface area (Å²) >= 11 is 0. The van der Waals surface area contributed by atoms with Gasteiger partial charge in [-0.25, -0.2) is 8.42 Å². The Hall–Kier alpha value is -3.36. The number of amides is 2. The monoisotopic (exact) mass is 494 g/mol. The van der Waals surface area contributed by atoms with Gasteiger partial charge in [-0.1, -0.05) is 13.3 Å². The molecule has 2 aromatic rings. The molecule has 0 aliphatic carbocycles. The number of aromatic hydroxyl groups is 1. The van der Waals surface area contributed by atoms with E-state index in [1.54, 1.807) is 6.92 Å². The minimum Gasteiger partial charge on any atom is -0.507 e. The van der Waals surface area contributed by atoms with Gasteiger partial charge in [0.25, 0.3) is 11.8 Å². The first-order chi connectivity index (χ1) is 16.0. The van der Waals surface area contributed by atoms with Gasteiger partial charge in [-0.2, -0.15) is 9.40 Å². The highest BCUT2D eigenvalue weighted by molar-refractivity contribution is 7.89. The first kappa shape index (κ1) is 25.3. The number of carbonyl (C=O) groups is 2.